The molecule has 2 aliphatic rings. The molecule has 1 aliphatic carbocycles. The molecule has 110 valence electrons. The van der Waals surface area contributed by atoms with E-state index in [0.29, 0.717) is 19.4 Å². The van der Waals surface area contributed by atoms with E-state index in [-0.39, 0.29) is 17.6 Å². The molecular weight excluding hydrogens is 250 g/mol. The molecule has 1 aromatic rings. The molecule has 0 bridgehead atoms. The highest BCUT2D eigenvalue weighted by Crippen LogP contribution is 2.51. The predicted molar refractivity (Wildman–Crippen MR) is 79.7 cm³/mol. The van der Waals surface area contributed by atoms with Crippen LogP contribution < -0.4 is 5.73 Å². The molecule has 3 rings (SSSR count). The van der Waals surface area contributed by atoms with Crippen molar-refractivity contribution in [2.45, 2.75) is 62.8 Å². The van der Waals surface area contributed by atoms with Crippen LogP contribution in [0.3, 0.4) is 0 Å². The van der Waals surface area contributed by atoms with Gasteiger partial charge >= 0.3 is 0 Å². The molecule has 3 N–H and O–H groups in total. The second-order valence-electron chi connectivity index (χ2n) is 6.64. The highest BCUT2D eigenvalue weighted by molar-refractivity contribution is 5.43. The minimum Gasteiger partial charge on any atom is -0.389 e. The lowest BCUT2D eigenvalue weighted by atomic mass is 9.63. The first-order valence-corrected chi connectivity index (χ1v) is 7.67. The van der Waals surface area contributed by atoms with Gasteiger partial charge in [-0.1, -0.05) is 24.3 Å². The van der Waals surface area contributed by atoms with Crippen molar-refractivity contribution in [3.05, 3.63) is 35.4 Å². The maximum absolute atomic E-state index is 11.4. The summed E-state index contributed by atoms with van der Waals surface area (Å²) in [5.74, 6) is 0. The van der Waals surface area contributed by atoms with Crippen LogP contribution in [0.4, 0.5) is 0 Å². The zero-order valence-corrected chi connectivity index (χ0v) is 12.4. The Labute approximate surface area is 121 Å². The first-order chi connectivity index (χ1) is 9.51. The number of hydrogen-bond donors (Lipinski definition) is 2. The Morgan fingerprint density at radius 3 is 2.55 bits per heavy atom. The summed E-state index contributed by atoms with van der Waals surface area (Å²) in [6.45, 7) is 4.59. The summed E-state index contributed by atoms with van der Waals surface area (Å²) >= 11 is 0. The molecule has 0 saturated carbocycles. The molecule has 3 heteroatoms. The summed E-state index contributed by atoms with van der Waals surface area (Å²) < 4.78 is 5.82. The van der Waals surface area contributed by atoms with Gasteiger partial charge in [-0.25, -0.2) is 0 Å². The van der Waals surface area contributed by atoms with Gasteiger partial charge < -0.3 is 15.6 Å². The van der Waals surface area contributed by atoms with Crippen molar-refractivity contribution < 1.29 is 9.84 Å². The Bertz CT molecular complexity index is 492. The number of nitrogens with two attached hydrogens (primary N) is 1. The monoisotopic (exact) mass is 275 g/mol. The van der Waals surface area contributed by atoms with Gasteiger partial charge in [0.1, 0.15) is 0 Å². The Balaban J connectivity index is 2.06. The summed E-state index contributed by atoms with van der Waals surface area (Å²) in [4.78, 5) is 0. The average molecular weight is 275 g/mol. The molecule has 3 unspecified atom stereocenters. The fourth-order valence-electron chi connectivity index (χ4n) is 4.49. The summed E-state index contributed by atoms with van der Waals surface area (Å²) in [6, 6.07) is 8.45. The average Bonchev–Trinajstić information content (AvgIpc) is 2.77. The summed E-state index contributed by atoms with van der Waals surface area (Å²) in [7, 11) is 0. The number of hydrogen-bond acceptors (Lipinski definition) is 3. The zero-order valence-electron chi connectivity index (χ0n) is 12.4. The minimum atomic E-state index is -0.758. The second-order valence-corrected chi connectivity index (χ2v) is 6.64. The molecule has 1 fully saturated rings. The number of fused-ring (bicyclic) bond motifs is 1. The standard InChI is InChI=1S/C17H25NO2/c1-12-9-17(19,10-13(2)20-12)16(11-18)8-7-14-5-3-4-6-15(14)16/h3-6,12-13,19H,7-11,18H2,1-2H3. The van der Waals surface area contributed by atoms with Crippen molar-refractivity contribution in [3.8, 4) is 0 Å². The lowest BCUT2D eigenvalue weighted by Gasteiger charge is -2.50. The minimum absolute atomic E-state index is 0.0833. The first kappa shape index (κ1) is 14.1. The van der Waals surface area contributed by atoms with Crippen molar-refractivity contribution in [3.63, 3.8) is 0 Å². The Hall–Kier alpha value is -0.900. The number of ether oxygens (including phenoxy) is 1. The summed E-state index contributed by atoms with van der Waals surface area (Å²) in [5, 5.41) is 11.4. The second kappa shape index (κ2) is 4.83. The van der Waals surface area contributed by atoms with Crippen molar-refractivity contribution in [1.82, 2.24) is 0 Å². The molecular formula is C17H25NO2. The Morgan fingerprint density at radius 1 is 1.25 bits per heavy atom. The molecule has 1 saturated heterocycles. The quantitative estimate of drug-likeness (QED) is 0.869. The van der Waals surface area contributed by atoms with E-state index in [0.717, 1.165) is 12.8 Å². The molecule has 1 aromatic carbocycles. The van der Waals surface area contributed by atoms with Gasteiger partial charge in [0.05, 0.1) is 17.8 Å². The largest absolute Gasteiger partial charge is 0.389 e. The fraction of sp³-hybridized carbons (Fsp3) is 0.647. The third-order valence-electron chi connectivity index (χ3n) is 5.31. The molecule has 0 spiro atoms. The molecule has 1 heterocycles. The maximum atomic E-state index is 11.4. The SMILES string of the molecule is CC1CC(O)(C2(CN)CCc3ccccc32)CC(C)O1. The number of rotatable bonds is 2. The van der Waals surface area contributed by atoms with E-state index in [4.69, 9.17) is 10.5 Å². The topological polar surface area (TPSA) is 55.5 Å². The van der Waals surface area contributed by atoms with E-state index in [2.05, 4.69) is 24.3 Å². The lowest BCUT2D eigenvalue weighted by Crippen LogP contribution is -2.60. The van der Waals surface area contributed by atoms with Crippen LogP contribution in [0.1, 0.15) is 44.2 Å². The van der Waals surface area contributed by atoms with Gasteiger partial charge in [-0.2, -0.15) is 0 Å². The molecule has 0 aromatic heterocycles. The molecule has 0 amide bonds. The maximum Gasteiger partial charge on any atom is 0.0805 e. The number of aryl methyl sites for hydroxylation is 1. The Morgan fingerprint density at radius 2 is 1.90 bits per heavy atom. The van der Waals surface area contributed by atoms with Crippen molar-refractivity contribution in [2.24, 2.45) is 5.73 Å². The van der Waals surface area contributed by atoms with E-state index in [1.807, 2.05) is 13.8 Å². The first-order valence-electron chi connectivity index (χ1n) is 7.67. The molecule has 1 aliphatic heterocycles. The van der Waals surface area contributed by atoms with Gasteiger partial charge in [-0.05, 0) is 37.8 Å². The predicted octanol–water partition coefficient (Wildman–Crippen LogP) is 2.15. The van der Waals surface area contributed by atoms with Crippen LogP contribution >= 0.6 is 0 Å². The van der Waals surface area contributed by atoms with E-state index in [1.165, 1.54) is 11.1 Å². The Kier molecular flexibility index (Phi) is 3.39. The van der Waals surface area contributed by atoms with E-state index >= 15 is 0 Å². The van der Waals surface area contributed by atoms with Crippen LogP contribution in [0.5, 0.6) is 0 Å². The van der Waals surface area contributed by atoms with E-state index < -0.39 is 5.60 Å². The van der Waals surface area contributed by atoms with Gasteiger partial charge in [-0.3, -0.25) is 0 Å². The van der Waals surface area contributed by atoms with Gasteiger partial charge in [0.15, 0.2) is 0 Å². The number of aliphatic hydroxyl groups is 1. The van der Waals surface area contributed by atoms with Crippen molar-refractivity contribution in [2.75, 3.05) is 6.54 Å². The van der Waals surface area contributed by atoms with Gasteiger partial charge in [0.25, 0.3) is 0 Å². The highest BCUT2D eigenvalue weighted by atomic mass is 16.5. The molecule has 3 nitrogen and oxygen atoms in total. The third kappa shape index (κ3) is 1.92. The van der Waals surface area contributed by atoms with Crippen LogP contribution in [0, 0.1) is 0 Å². The zero-order chi connectivity index (χ0) is 14.4. The fourth-order valence-corrected chi connectivity index (χ4v) is 4.49. The smallest absolute Gasteiger partial charge is 0.0805 e. The van der Waals surface area contributed by atoms with Gasteiger partial charge in [-0.15, -0.1) is 0 Å². The van der Waals surface area contributed by atoms with Gasteiger partial charge in [0.2, 0.25) is 0 Å². The van der Waals surface area contributed by atoms with Crippen LogP contribution in [-0.4, -0.2) is 29.5 Å². The van der Waals surface area contributed by atoms with Crippen molar-refractivity contribution >= 4 is 0 Å². The van der Waals surface area contributed by atoms with Crippen LogP contribution in [0.25, 0.3) is 0 Å². The molecule has 3 atom stereocenters. The van der Waals surface area contributed by atoms with Gasteiger partial charge in [0, 0.05) is 24.8 Å². The third-order valence-corrected chi connectivity index (χ3v) is 5.31. The van der Waals surface area contributed by atoms with Crippen LogP contribution in [0.2, 0.25) is 0 Å². The van der Waals surface area contributed by atoms with Crippen LogP contribution in [0.15, 0.2) is 24.3 Å². The summed E-state index contributed by atoms with van der Waals surface area (Å²) in [6.07, 6.45) is 3.46. The normalized spacial score (nSPS) is 40.6. The number of benzene rings is 1. The molecule has 0 radical (unpaired) electrons. The highest BCUT2D eigenvalue weighted by Gasteiger charge is 2.55. The summed E-state index contributed by atoms with van der Waals surface area (Å²) in [5.41, 5.74) is 7.72. The van der Waals surface area contributed by atoms with E-state index in [9.17, 15) is 5.11 Å². The molecule has 20 heavy (non-hydrogen) atoms. The van der Waals surface area contributed by atoms with E-state index in [1.54, 1.807) is 0 Å². The lowest BCUT2D eigenvalue weighted by molar-refractivity contribution is -0.163. The van der Waals surface area contributed by atoms with Crippen LogP contribution in [-0.2, 0) is 16.6 Å². The van der Waals surface area contributed by atoms with Crippen molar-refractivity contribution in [1.29, 1.82) is 0 Å².